The molecule has 0 aromatic heterocycles. The molecule has 0 saturated carbocycles. The molecule has 19 heavy (non-hydrogen) atoms. The molecule has 1 heterocycles. The van der Waals surface area contributed by atoms with Crippen LogP contribution in [-0.2, 0) is 6.18 Å². The average Bonchev–Trinajstić information content (AvgIpc) is 2.28. The third-order valence-electron chi connectivity index (χ3n) is 3.46. The molecule has 0 unspecified atom stereocenters. The fraction of sp³-hybridized carbons (Fsp3) is 0.538. The van der Waals surface area contributed by atoms with E-state index in [0.717, 1.165) is 17.8 Å². The van der Waals surface area contributed by atoms with Crippen LogP contribution in [0.1, 0.15) is 25.3 Å². The molecule has 106 valence electrons. The SMILES string of the molecule is CC1(O)CCN(c2ccc(C(F)(F)F)cc2Br)CC1. The molecule has 1 aromatic rings. The molecule has 0 amide bonds. The molecular formula is C13H15BrF3NO. The van der Waals surface area contributed by atoms with Gasteiger partial charge in [0.25, 0.3) is 0 Å². The molecule has 1 aliphatic heterocycles. The van der Waals surface area contributed by atoms with E-state index in [1.54, 1.807) is 6.92 Å². The topological polar surface area (TPSA) is 23.5 Å². The van der Waals surface area contributed by atoms with E-state index in [1.807, 2.05) is 4.90 Å². The summed E-state index contributed by atoms with van der Waals surface area (Å²) < 4.78 is 38.2. The predicted molar refractivity (Wildman–Crippen MR) is 71.2 cm³/mol. The number of benzene rings is 1. The second-order valence-corrected chi connectivity index (χ2v) is 6.00. The minimum atomic E-state index is -4.33. The summed E-state index contributed by atoms with van der Waals surface area (Å²) in [5.74, 6) is 0. The third-order valence-corrected chi connectivity index (χ3v) is 4.09. The van der Waals surface area contributed by atoms with E-state index in [2.05, 4.69) is 15.9 Å². The lowest BCUT2D eigenvalue weighted by Crippen LogP contribution is -2.42. The maximum atomic E-state index is 12.6. The Morgan fingerprint density at radius 3 is 2.32 bits per heavy atom. The Balaban J connectivity index is 2.19. The molecule has 0 spiro atoms. The van der Waals surface area contributed by atoms with Crippen molar-refractivity contribution in [1.82, 2.24) is 0 Å². The number of piperidine rings is 1. The van der Waals surface area contributed by atoms with E-state index in [1.165, 1.54) is 6.07 Å². The van der Waals surface area contributed by atoms with Crippen LogP contribution in [0.25, 0.3) is 0 Å². The van der Waals surface area contributed by atoms with E-state index in [4.69, 9.17) is 0 Å². The molecule has 1 saturated heterocycles. The van der Waals surface area contributed by atoms with Crippen LogP contribution < -0.4 is 4.90 Å². The zero-order chi connectivity index (χ0) is 14.3. The average molecular weight is 338 g/mol. The van der Waals surface area contributed by atoms with Gasteiger partial charge in [-0.1, -0.05) is 0 Å². The monoisotopic (exact) mass is 337 g/mol. The first-order chi connectivity index (χ1) is 8.69. The van der Waals surface area contributed by atoms with Crippen LogP contribution in [0, 0.1) is 0 Å². The second-order valence-electron chi connectivity index (χ2n) is 5.15. The summed E-state index contributed by atoms with van der Waals surface area (Å²) in [6.07, 6.45) is -3.10. The van der Waals surface area contributed by atoms with Crippen LogP contribution in [0.5, 0.6) is 0 Å². The van der Waals surface area contributed by atoms with Crippen molar-refractivity contribution < 1.29 is 18.3 Å². The second kappa shape index (κ2) is 4.98. The van der Waals surface area contributed by atoms with E-state index in [-0.39, 0.29) is 0 Å². The first-order valence-corrected chi connectivity index (χ1v) is 6.82. The Kier molecular flexibility index (Phi) is 3.84. The van der Waals surface area contributed by atoms with Gasteiger partial charge >= 0.3 is 6.18 Å². The highest BCUT2D eigenvalue weighted by Gasteiger charge is 2.32. The first-order valence-electron chi connectivity index (χ1n) is 6.03. The van der Waals surface area contributed by atoms with Gasteiger partial charge < -0.3 is 10.0 Å². The van der Waals surface area contributed by atoms with Crippen molar-refractivity contribution in [3.8, 4) is 0 Å². The van der Waals surface area contributed by atoms with Gasteiger partial charge in [0.15, 0.2) is 0 Å². The Bertz CT molecular complexity index is 463. The van der Waals surface area contributed by atoms with Gasteiger partial charge in [0.1, 0.15) is 0 Å². The number of rotatable bonds is 1. The van der Waals surface area contributed by atoms with Crippen molar-refractivity contribution in [2.45, 2.75) is 31.5 Å². The lowest BCUT2D eigenvalue weighted by Gasteiger charge is -2.37. The van der Waals surface area contributed by atoms with Crippen LogP contribution in [0.15, 0.2) is 22.7 Å². The number of nitrogens with zero attached hydrogens (tertiary/aromatic N) is 1. The molecule has 2 rings (SSSR count). The van der Waals surface area contributed by atoms with Crippen LogP contribution in [-0.4, -0.2) is 23.8 Å². The molecule has 0 radical (unpaired) electrons. The van der Waals surface area contributed by atoms with E-state index in [0.29, 0.717) is 30.4 Å². The summed E-state index contributed by atoms with van der Waals surface area (Å²) in [6, 6.07) is 3.67. The maximum absolute atomic E-state index is 12.6. The van der Waals surface area contributed by atoms with E-state index in [9.17, 15) is 18.3 Å². The standard InChI is InChI=1S/C13H15BrF3NO/c1-12(19)4-6-18(7-5-12)11-3-2-9(8-10(11)14)13(15,16)17/h2-3,8,19H,4-7H2,1H3. The van der Waals surface area contributed by atoms with Crippen molar-refractivity contribution >= 4 is 21.6 Å². The number of hydrogen-bond acceptors (Lipinski definition) is 2. The van der Waals surface area contributed by atoms with Gasteiger partial charge in [-0.15, -0.1) is 0 Å². The number of alkyl halides is 3. The minimum absolute atomic E-state index is 0.434. The number of halogens is 4. The number of hydrogen-bond donors (Lipinski definition) is 1. The fourth-order valence-corrected chi connectivity index (χ4v) is 2.80. The summed E-state index contributed by atoms with van der Waals surface area (Å²) in [5.41, 5.74) is -0.592. The normalized spacial score (nSPS) is 19.6. The van der Waals surface area contributed by atoms with Gasteiger partial charge in [0, 0.05) is 17.6 Å². The largest absolute Gasteiger partial charge is 0.416 e. The molecule has 2 nitrogen and oxygen atoms in total. The fourth-order valence-electron chi connectivity index (χ4n) is 2.17. The van der Waals surface area contributed by atoms with E-state index >= 15 is 0 Å². The highest BCUT2D eigenvalue weighted by Crippen LogP contribution is 2.36. The Hall–Kier alpha value is -0.750. The van der Waals surface area contributed by atoms with Crippen molar-refractivity contribution in [3.63, 3.8) is 0 Å². The molecule has 1 fully saturated rings. The Labute approximate surface area is 118 Å². The van der Waals surface area contributed by atoms with Crippen LogP contribution in [0.4, 0.5) is 18.9 Å². The van der Waals surface area contributed by atoms with Gasteiger partial charge in [-0.05, 0) is 53.9 Å². The zero-order valence-corrected chi connectivity index (χ0v) is 12.1. The van der Waals surface area contributed by atoms with Gasteiger partial charge in [-0.25, -0.2) is 0 Å². The lowest BCUT2D eigenvalue weighted by atomic mass is 9.93. The maximum Gasteiger partial charge on any atom is 0.416 e. The van der Waals surface area contributed by atoms with Gasteiger partial charge in [0.2, 0.25) is 0 Å². The highest BCUT2D eigenvalue weighted by molar-refractivity contribution is 9.10. The summed E-state index contributed by atoms with van der Waals surface area (Å²) in [6.45, 7) is 3.06. The number of aliphatic hydroxyl groups is 1. The van der Waals surface area contributed by atoms with Crippen LogP contribution in [0.2, 0.25) is 0 Å². The quantitative estimate of drug-likeness (QED) is 0.842. The number of anilines is 1. The molecule has 1 N–H and O–H groups in total. The first kappa shape index (κ1) is 14.7. The van der Waals surface area contributed by atoms with Gasteiger partial charge in [-0.2, -0.15) is 13.2 Å². The molecule has 1 aliphatic rings. The Morgan fingerprint density at radius 1 is 1.26 bits per heavy atom. The van der Waals surface area contributed by atoms with Crippen molar-refractivity contribution in [1.29, 1.82) is 0 Å². The summed E-state index contributed by atoms with van der Waals surface area (Å²) in [7, 11) is 0. The highest BCUT2D eigenvalue weighted by atomic mass is 79.9. The van der Waals surface area contributed by atoms with Crippen molar-refractivity contribution in [2.24, 2.45) is 0 Å². The van der Waals surface area contributed by atoms with Crippen LogP contribution >= 0.6 is 15.9 Å². The van der Waals surface area contributed by atoms with Gasteiger partial charge in [0.05, 0.1) is 16.9 Å². The van der Waals surface area contributed by atoms with Crippen molar-refractivity contribution in [3.05, 3.63) is 28.2 Å². The molecular weight excluding hydrogens is 323 g/mol. The lowest BCUT2D eigenvalue weighted by molar-refractivity contribution is -0.137. The molecule has 0 aliphatic carbocycles. The summed E-state index contributed by atoms with van der Waals surface area (Å²) >= 11 is 3.20. The Morgan fingerprint density at radius 2 is 1.84 bits per heavy atom. The van der Waals surface area contributed by atoms with Crippen LogP contribution in [0.3, 0.4) is 0 Å². The van der Waals surface area contributed by atoms with Gasteiger partial charge in [-0.3, -0.25) is 0 Å². The van der Waals surface area contributed by atoms with E-state index < -0.39 is 17.3 Å². The zero-order valence-electron chi connectivity index (χ0n) is 10.5. The summed E-state index contributed by atoms with van der Waals surface area (Å²) in [4.78, 5) is 1.99. The smallest absolute Gasteiger partial charge is 0.390 e. The molecule has 1 aromatic carbocycles. The molecule has 0 bridgehead atoms. The van der Waals surface area contributed by atoms with Crippen molar-refractivity contribution in [2.75, 3.05) is 18.0 Å². The molecule has 0 atom stereocenters. The summed E-state index contributed by atoms with van der Waals surface area (Å²) in [5, 5.41) is 9.87. The molecule has 6 heteroatoms. The predicted octanol–water partition coefficient (Wildman–Crippen LogP) is 3.82. The minimum Gasteiger partial charge on any atom is -0.390 e. The third kappa shape index (κ3) is 3.42.